The van der Waals surface area contributed by atoms with Crippen LogP contribution < -0.4 is 4.74 Å². The maximum atomic E-state index is 9.29. The Morgan fingerprint density at radius 2 is 2.07 bits per heavy atom. The van der Waals surface area contributed by atoms with Gasteiger partial charge in [-0.1, -0.05) is 17.7 Å². The van der Waals surface area contributed by atoms with E-state index in [0.29, 0.717) is 16.3 Å². The van der Waals surface area contributed by atoms with Gasteiger partial charge < -0.3 is 14.9 Å². The van der Waals surface area contributed by atoms with Crippen LogP contribution in [0.4, 0.5) is 0 Å². The Bertz CT molecular complexity index is 326. The monoisotopic (exact) mass is 230 g/mol. The number of halogens is 1. The molecule has 2 N–H and O–H groups in total. The average Bonchev–Trinajstić information content (AvgIpc) is 2.18. The fourth-order valence-electron chi connectivity index (χ4n) is 1.10. The average molecular weight is 231 g/mol. The predicted octanol–water partition coefficient (Wildman–Crippen LogP) is 1.98. The standard InChI is InChI=1S/C11H15ClO3/c1-7(14)8(2)15-11-5-3-4-10(12)9(11)6-13/h3-5,7-8,13-14H,6H2,1-2H3. The molecular weight excluding hydrogens is 216 g/mol. The van der Waals surface area contributed by atoms with Crippen molar-refractivity contribution in [3.05, 3.63) is 28.8 Å². The van der Waals surface area contributed by atoms with Crippen molar-refractivity contribution in [3.63, 3.8) is 0 Å². The van der Waals surface area contributed by atoms with Crippen LogP contribution in [0, 0.1) is 0 Å². The first-order valence-electron chi connectivity index (χ1n) is 4.79. The first kappa shape index (κ1) is 12.3. The molecule has 1 aromatic carbocycles. The minimum atomic E-state index is -0.574. The third kappa shape index (κ3) is 3.09. The largest absolute Gasteiger partial charge is 0.488 e. The van der Waals surface area contributed by atoms with Gasteiger partial charge in [0.1, 0.15) is 11.9 Å². The molecule has 0 heterocycles. The molecule has 0 amide bonds. The van der Waals surface area contributed by atoms with Crippen LogP contribution >= 0.6 is 11.6 Å². The molecule has 0 spiro atoms. The summed E-state index contributed by atoms with van der Waals surface area (Å²) in [6.45, 7) is 3.22. The molecular formula is C11H15ClO3. The molecule has 4 heteroatoms. The van der Waals surface area contributed by atoms with Crippen LogP contribution in [0.3, 0.4) is 0 Å². The molecule has 0 saturated carbocycles. The maximum absolute atomic E-state index is 9.29. The van der Waals surface area contributed by atoms with Gasteiger partial charge in [-0.25, -0.2) is 0 Å². The molecule has 1 aromatic rings. The number of benzene rings is 1. The van der Waals surface area contributed by atoms with E-state index in [1.54, 1.807) is 32.0 Å². The summed E-state index contributed by atoms with van der Waals surface area (Å²) >= 11 is 5.89. The van der Waals surface area contributed by atoms with E-state index >= 15 is 0 Å². The third-order valence-electron chi connectivity index (χ3n) is 2.23. The minimum absolute atomic E-state index is 0.179. The van der Waals surface area contributed by atoms with E-state index in [-0.39, 0.29) is 12.7 Å². The molecule has 2 unspecified atom stereocenters. The molecule has 0 radical (unpaired) electrons. The van der Waals surface area contributed by atoms with E-state index in [1.165, 1.54) is 0 Å². The molecule has 2 atom stereocenters. The van der Waals surface area contributed by atoms with Crippen molar-refractivity contribution in [1.29, 1.82) is 0 Å². The lowest BCUT2D eigenvalue weighted by atomic mass is 10.2. The van der Waals surface area contributed by atoms with E-state index in [0.717, 1.165) is 0 Å². The van der Waals surface area contributed by atoms with E-state index in [9.17, 15) is 5.11 Å². The summed E-state index contributed by atoms with van der Waals surface area (Å²) < 4.78 is 5.48. The van der Waals surface area contributed by atoms with Crippen molar-refractivity contribution in [3.8, 4) is 5.75 Å². The second-order valence-corrected chi connectivity index (χ2v) is 3.85. The van der Waals surface area contributed by atoms with Crippen LogP contribution in [0.2, 0.25) is 5.02 Å². The Balaban J connectivity index is 2.89. The highest BCUT2D eigenvalue weighted by Crippen LogP contribution is 2.27. The van der Waals surface area contributed by atoms with Crippen LogP contribution in [0.25, 0.3) is 0 Å². The normalized spacial score (nSPS) is 14.7. The Morgan fingerprint density at radius 3 is 2.60 bits per heavy atom. The lowest BCUT2D eigenvalue weighted by Crippen LogP contribution is -2.26. The van der Waals surface area contributed by atoms with Crippen molar-refractivity contribution >= 4 is 11.6 Å². The summed E-state index contributed by atoms with van der Waals surface area (Å²) in [5.41, 5.74) is 0.548. The highest BCUT2D eigenvalue weighted by Gasteiger charge is 2.14. The van der Waals surface area contributed by atoms with E-state index in [2.05, 4.69) is 0 Å². The quantitative estimate of drug-likeness (QED) is 0.832. The fraction of sp³-hybridized carbons (Fsp3) is 0.455. The zero-order chi connectivity index (χ0) is 11.4. The molecule has 0 aliphatic carbocycles. The van der Waals surface area contributed by atoms with Gasteiger partial charge in [0, 0.05) is 10.6 Å². The number of ether oxygens (including phenoxy) is 1. The summed E-state index contributed by atoms with van der Waals surface area (Å²) in [6, 6.07) is 5.15. The van der Waals surface area contributed by atoms with Gasteiger partial charge in [-0.05, 0) is 26.0 Å². The summed E-state index contributed by atoms with van der Waals surface area (Å²) in [7, 11) is 0. The molecule has 0 aliphatic heterocycles. The molecule has 1 rings (SSSR count). The van der Waals surface area contributed by atoms with Crippen LogP contribution in [-0.2, 0) is 6.61 Å². The van der Waals surface area contributed by atoms with Crippen LogP contribution in [0.15, 0.2) is 18.2 Å². The van der Waals surface area contributed by atoms with Crippen molar-refractivity contribution < 1.29 is 14.9 Å². The summed E-state index contributed by atoms with van der Waals surface area (Å²) in [5, 5.41) is 18.9. The Kier molecular flexibility index (Phi) is 4.39. The van der Waals surface area contributed by atoms with Gasteiger partial charge in [-0.3, -0.25) is 0 Å². The smallest absolute Gasteiger partial charge is 0.126 e. The van der Waals surface area contributed by atoms with Gasteiger partial charge in [0.05, 0.1) is 12.7 Å². The number of rotatable bonds is 4. The highest BCUT2D eigenvalue weighted by molar-refractivity contribution is 6.31. The summed E-state index contributed by atoms with van der Waals surface area (Å²) in [6.07, 6.45) is -0.913. The first-order valence-corrected chi connectivity index (χ1v) is 5.17. The van der Waals surface area contributed by atoms with Crippen molar-refractivity contribution in [2.75, 3.05) is 0 Å². The lowest BCUT2D eigenvalue weighted by molar-refractivity contribution is 0.0589. The SMILES string of the molecule is CC(O)C(C)Oc1cccc(Cl)c1CO. The molecule has 0 bridgehead atoms. The maximum Gasteiger partial charge on any atom is 0.126 e. The van der Waals surface area contributed by atoms with Gasteiger partial charge in [-0.15, -0.1) is 0 Å². The van der Waals surface area contributed by atoms with Gasteiger partial charge in [0.15, 0.2) is 0 Å². The topological polar surface area (TPSA) is 49.7 Å². The number of hydrogen-bond acceptors (Lipinski definition) is 3. The molecule has 3 nitrogen and oxygen atoms in total. The molecule has 0 saturated heterocycles. The van der Waals surface area contributed by atoms with Crippen LogP contribution in [0.1, 0.15) is 19.4 Å². The Hall–Kier alpha value is -0.770. The van der Waals surface area contributed by atoms with Crippen molar-refractivity contribution in [1.82, 2.24) is 0 Å². The Morgan fingerprint density at radius 1 is 1.40 bits per heavy atom. The molecule has 15 heavy (non-hydrogen) atoms. The lowest BCUT2D eigenvalue weighted by Gasteiger charge is -2.19. The second-order valence-electron chi connectivity index (χ2n) is 3.44. The van der Waals surface area contributed by atoms with Gasteiger partial charge in [0.2, 0.25) is 0 Å². The number of aliphatic hydroxyl groups excluding tert-OH is 2. The van der Waals surface area contributed by atoms with Crippen molar-refractivity contribution in [2.24, 2.45) is 0 Å². The van der Waals surface area contributed by atoms with Gasteiger partial charge >= 0.3 is 0 Å². The van der Waals surface area contributed by atoms with E-state index in [4.69, 9.17) is 21.4 Å². The first-order chi connectivity index (χ1) is 7.06. The van der Waals surface area contributed by atoms with E-state index < -0.39 is 6.10 Å². The number of hydrogen-bond donors (Lipinski definition) is 2. The minimum Gasteiger partial charge on any atom is -0.488 e. The number of aliphatic hydroxyl groups is 2. The third-order valence-corrected chi connectivity index (χ3v) is 2.58. The molecule has 0 fully saturated rings. The molecule has 0 aromatic heterocycles. The molecule has 84 valence electrons. The highest BCUT2D eigenvalue weighted by atomic mass is 35.5. The zero-order valence-electron chi connectivity index (χ0n) is 8.77. The second kappa shape index (κ2) is 5.35. The van der Waals surface area contributed by atoms with Gasteiger partial charge in [-0.2, -0.15) is 0 Å². The van der Waals surface area contributed by atoms with E-state index in [1.807, 2.05) is 0 Å². The summed E-state index contributed by atoms with van der Waals surface area (Å²) in [5.74, 6) is 0.512. The van der Waals surface area contributed by atoms with Gasteiger partial charge in [0.25, 0.3) is 0 Å². The molecule has 0 aliphatic rings. The predicted molar refractivity (Wildman–Crippen MR) is 59.1 cm³/mol. The van der Waals surface area contributed by atoms with Crippen LogP contribution in [0.5, 0.6) is 5.75 Å². The summed E-state index contributed by atoms with van der Waals surface area (Å²) in [4.78, 5) is 0. The Labute approximate surface area is 94.3 Å². The fourth-order valence-corrected chi connectivity index (χ4v) is 1.33. The zero-order valence-corrected chi connectivity index (χ0v) is 9.53. The van der Waals surface area contributed by atoms with Crippen LogP contribution in [-0.4, -0.2) is 22.4 Å². The van der Waals surface area contributed by atoms with Crippen molar-refractivity contribution in [2.45, 2.75) is 32.7 Å².